The lowest BCUT2D eigenvalue weighted by Gasteiger charge is -2.43. The molecule has 0 radical (unpaired) electrons. The van der Waals surface area contributed by atoms with Crippen molar-refractivity contribution in [1.82, 2.24) is 4.90 Å². The van der Waals surface area contributed by atoms with Gasteiger partial charge in [0, 0.05) is 12.1 Å². The molecular formula is C10H21N. The van der Waals surface area contributed by atoms with Crippen molar-refractivity contribution in [2.24, 2.45) is 11.8 Å². The van der Waals surface area contributed by atoms with Crippen LogP contribution in [0.25, 0.3) is 0 Å². The molecule has 0 saturated carbocycles. The van der Waals surface area contributed by atoms with Crippen molar-refractivity contribution in [3.63, 3.8) is 0 Å². The molecular weight excluding hydrogens is 134 g/mol. The van der Waals surface area contributed by atoms with E-state index in [1.165, 1.54) is 6.42 Å². The molecule has 0 aliphatic carbocycles. The average molecular weight is 155 g/mol. The Balaban J connectivity index is 2.63. The van der Waals surface area contributed by atoms with Gasteiger partial charge in [0.1, 0.15) is 0 Å². The molecule has 0 N–H and O–H groups in total. The molecule has 0 aromatic rings. The van der Waals surface area contributed by atoms with E-state index in [1.54, 1.807) is 0 Å². The van der Waals surface area contributed by atoms with E-state index >= 15 is 0 Å². The van der Waals surface area contributed by atoms with Gasteiger partial charge in [-0.1, -0.05) is 13.8 Å². The normalized spacial score (nSPS) is 47.7. The molecule has 1 aliphatic heterocycles. The van der Waals surface area contributed by atoms with Crippen LogP contribution in [0.1, 0.15) is 34.1 Å². The zero-order valence-electron chi connectivity index (χ0n) is 8.46. The van der Waals surface area contributed by atoms with E-state index in [9.17, 15) is 0 Å². The second-order valence-electron chi connectivity index (χ2n) is 4.33. The molecule has 0 aromatic carbocycles. The number of hydrogen-bond acceptors (Lipinski definition) is 1. The third kappa shape index (κ3) is 1.58. The van der Waals surface area contributed by atoms with Gasteiger partial charge < -0.3 is 4.90 Å². The van der Waals surface area contributed by atoms with Gasteiger partial charge in [0.25, 0.3) is 0 Å². The van der Waals surface area contributed by atoms with Crippen LogP contribution in [0.3, 0.4) is 0 Å². The van der Waals surface area contributed by atoms with Crippen molar-refractivity contribution in [3.8, 4) is 0 Å². The summed E-state index contributed by atoms with van der Waals surface area (Å²) >= 11 is 0. The van der Waals surface area contributed by atoms with Crippen molar-refractivity contribution >= 4 is 0 Å². The molecule has 1 rings (SSSR count). The molecule has 0 amide bonds. The summed E-state index contributed by atoms with van der Waals surface area (Å²) in [6, 6.07) is 1.53. The van der Waals surface area contributed by atoms with Crippen molar-refractivity contribution < 1.29 is 0 Å². The van der Waals surface area contributed by atoms with Gasteiger partial charge in [0.2, 0.25) is 0 Å². The number of rotatable bonds is 0. The lowest BCUT2D eigenvalue weighted by Crippen LogP contribution is -2.48. The van der Waals surface area contributed by atoms with Gasteiger partial charge in [0.05, 0.1) is 0 Å². The van der Waals surface area contributed by atoms with Crippen LogP contribution < -0.4 is 0 Å². The summed E-state index contributed by atoms with van der Waals surface area (Å²) in [6.45, 7) is 9.43. The molecule has 66 valence electrons. The van der Waals surface area contributed by atoms with Crippen LogP contribution in [0.2, 0.25) is 0 Å². The Labute approximate surface area is 70.8 Å². The summed E-state index contributed by atoms with van der Waals surface area (Å²) < 4.78 is 0. The van der Waals surface area contributed by atoms with Gasteiger partial charge >= 0.3 is 0 Å². The fourth-order valence-electron chi connectivity index (χ4n) is 2.17. The Hall–Kier alpha value is -0.0400. The van der Waals surface area contributed by atoms with Crippen LogP contribution in [0.4, 0.5) is 0 Å². The van der Waals surface area contributed by atoms with Crippen molar-refractivity contribution in [2.75, 3.05) is 7.05 Å². The van der Waals surface area contributed by atoms with Gasteiger partial charge in [0.15, 0.2) is 0 Å². The summed E-state index contributed by atoms with van der Waals surface area (Å²) in [6.07, 6.45) is 1.36. The van der Waals surface area contributed by atoms with Crippen LogP contribution in [0.15, 0.2) is 0 Å². The summed E-state index contributed by atoms with van der Waals surface area (Å²) in [5.74, 6) is 1.76. The molecule has 4 atom stereocenters. The minimum Gasteiger partial charge on any atom is -0.301 e. The summed E-state index contributed by atoms with van der Waals surface area (Å²) in [4.78, 5) is 2.50. The van der Waals surface area contributed by atoms with E-state index in [-0.39, 0.29) is 0 Å². The second kappa shape index (κ2) is 3.14. The Morgan fingerprint density at radius 1 is 1.09 bits per heavy atom. The Kier molecular flexibility index (Phi) is 2.58. The molecule has 1 saturated heterocycles. The number of nitrogens with zero attached hydrogens (tertiary/aromatic N) is 1. The minimum atomic E-state index is 0.758. The smallest absolute Gasteiger partial charge is 0.00948 e. The standard InChI is InChI=1S/C10H21N/c1-7-6-8(2)11(5)10(4)9(7)3/h7-10H,6H2,1-5H3. The summed E-state index contributed by atoms with van der Waals surface area (Å²) in [7, 11) is 2.25. The Morgan fingerprint density at radius 2 is 1.64 bits per heavy atom. The molecule has 0 bridgehead atoms. The van der Waals surface area contributed by atoms with Crippen LogP contribution in [0, 0.1) is 11.8 Å². The Morgan fingerprint density at radius 3 is 2.18 bits per heavy atom. The van der Waals surface area contributed by atoms with E-state index in [1.807, 2.05) is 0 Å². The van der Waals surface area contributed by atoms with Crippen LogP contribution in [-0.4, -0.2) is 24.0 Å². The highest BCUT2D eigenvalue weighted by Crippen LogP contribution is 2.30. The highest BCUT2D eigenvalue weighted by Gasteiger charge is 2.31. The van der Waals surface area contributed by atoms with Crippen LogP contribution in [0.5, 0.6) is 0 Å². The van der Waals surface area contributed by atoms with Crippen molar-refractivity contribution in [2.45, 2.75) is 46.2 Å². The van der Waals surface area contributed by atoms with Gasteiger partial charge in [-0.05, 0) is 39.2 Å². The van der Waals surface area contributed by atoms with Crippen LogP contribution >= 0.6 is 0 Å². The summed E-state index contributed by atoms with van der Waals surface area (Å²) in [5, 5.41) is 0. The molecule has 1 aliphatic rings. The number of hydrogen-bond donors (Lipinski definition) is 0. The van der Waals surface area contributed by atoms with Gasteiger partial charge in [-0.25, -0.2) is 0 Å². The predicted molar refractivity (Wildman–Crippen MR) is 49.6 cm³/mol. The van der Waals surface area contributed by atoms with Crippen molar-refractivity contribution in [3.05, 3.63) is 0 Å². The zero-order valence-corrected chi connectivity index (χ0v) is 8.46. The molecule has 1 fully saturated rings. The molecule has 1 nitrogen and oxygen atoms in total. The first-order valence-electron chi connectivity index (χ1n) is 4.76. The first-order valence-corrected chi connectivity index (χ1v) is 4.76. The maximum atomic E-state index is 2.50. The first kappa shape index (κ1) is 9.05. The molecule has 1 heteroatoms. The maximum absolute atomic E-state index is 2.50. The molecule has 0 aromatic heterocycles. The third-order valence-corrected chi connectivity index (χ3v) is 3.71. The summed E-state index contributed by atoms with van der Waals surface area (Å²) in [5.41, 5.74) is 0. The van der Waals surface area contributed by atoms with Crippen LogP contribution in [-0.2, 0) is 0 Å². The number of likely N-dealkylation sites (tertiary alicyclic amines) is 1. The highest BCUT2D eigenvalue weighted by molar-refractivity contribution is 4.85. The molecule has 0 spiro atoms. The number of piperidine rings is 1. The van der Waals surface area contributed by atoms with Crippen molar-refractivity contribution in [1.29, 1.82) is 0 Å². The SMILES string of the molecule is CC1CC(C)N(C)C(C)C1C. The third-order valence-electron chi connectivity index (χ3n) is 3.71. The minimum absolute atomic E-state index is 0.758. The van der Waals surface area contributed by atoms with Gasteiger partial charge in [-0.2, -0.15) is 0 Å². The quantitative estimate of drug-likeness (QED) is 0.519. The fourth-order valence-corrected chi connectivity index (χ4v) is 2.17. The van der Waals surface area contributed by atoms with E-state index in [0.717, 1.165) is 23.9 Å². The van der Waals surface area contributed by atoms with Gasteiger partial charge in [-0.15, -0.1) is 0 Å². The lowest BCUT2D eigenvalue weighted by molar-refractivity contribution is 0.0539. The molecule has 11 heavy (non-hydrogen) atoms. The van der Waals surface area contributed by atoms with Gasteiger partial charge in [-0.3, -0.25) is 0 Å². The largest absolute Gasteiger partial charge is 0.301 e. The topological polar surface area (TPSA) is 3.24 Å². The zero-order chi connectivity index (χ0) is 8.59. The molecule has 1 heterocycles. The van der Waals surface area contributed by atoms with E-state index in [4.69, 9.17) is 0 Å². The second-order valence-corrected chi connectivity index (χ2v) is 4.33. The monoisotopic (exact) mass is 155 g/mol. The fraction of sp³-hybridized carbons (Fsp3) is 1.00. The average Bonchev–Trinajstić information content (AvgIpc) is 1.97. The van der Waals surface area contributed by atoms with E-state index in [2.05, 4.69) is 39.6 Å². The predicted octanol–water partition coefficient (Wildman–Crippen LogP) is 2.37. The first-order chi connectivity index (χ1) is 5.04. The highest BCUT2D eigenvalue weighted by atomic mass is 15.2. The van der Waals surface area contributed by atoms with E-state index < -0.39 is 0 Å². The maximum Gasteiger partial charge on any atom is 0.00948 e. The Bertz CT molecular complexity index is 119. The van der Waals surface area contributed by atoms with E-state index in [0.29, 0.717) is 0 Å². The lowest BCUT2D eigenvalue weighted by atomic mass is 9.80. The molecule has 4 unspecified atom stereocenters.